The normalized spacial score (nSPS) is 10.6. The number of nitrogens with zero attached hydrogens (tertiary/aromatic N) is 5. The van der Waals surface area contributed by atoms with Crippen molar-refractivity contribution >= 4 is 17.4 Å². The first kappa shape index (κ1) is 13.6. The fourth-order valence-electron chi connectivity index (χ4n) is 1.89. The lowest BCUT2D eigenvalue weighted by molar-refractivity contribution is 0.246. The van der Waals surface area contributed by atoms with Crippen LogP contribution < -0.4 is 5.06 Å². The highest BCUT2D eigenvalue weighted by molar-refractivity contribution is 7.09. The van der Waals surface area contributed by atoms with E-state index in [0.717, 1.165) is 10.6 Å². The predicted molar refractivity (Wildman–Crippen MR) is 80.1 cm³/mol. The van der Waals surface area contributed by atoms with E-state index in [4.69, 9.17) is 0 Å². The zero-order valence-corrected chi connectivity index (χ0v) is 12.2. The summed E-state index contributed by atoms with van der Waals surface area (Å²) in [7, 11) is 0. The number of rotatable bonds is 4. The molecule has 21 heavy (non-hydrogen) atoms. The maximum Gasteiger partial charge on any atom is 0.181 e. The number of aryl methyl sites for hydroxylation is 1. The van der Waals surface area contributed by atoms with Crippen LogP contribution in [0.15, 0.2) is 42.7 Å². The number of anilines is 1. The fraction of sp³-hybridized carbons (Fsp3) is 0.143. The molecule has 3 rings (SSSR count). The molecule has 1 N–H and O–H groups in total. The summed E-state index contributed by atoms with van der Waals surface area (Å²) < 4.78 is 4.14. The summed E-state index contributed by atoms with van der Waals surface area (Å²) in [6.07, 6.45) is 3.12. The van der Waals surface area contributed by atoms with E-state index in [9.17, 15) is 5.21 Å². The Morgan fingerprint density at radius 1 is 1.14 bits per heavy atom. The Kier molecular flexibility index (Phi) is 3.85. The molecule has 0 bridgehead atoms. The maximum atomic E-state index is 10.3. The molecule has 0 aliphatic heterocycles. The molecule has 0 spiro atoms. The van der Waals surface area contributed by atoms with Gasteiger partial charge in [0, 0.05) is 12.4 Å². The van der Waals surface area contributed by atoms with Gasteiger partial charge in [-0.15, -0.1) is 0 Å². The minimum atomic E-state index is 0.324. The Morgan fingerprint density at radius 3 is 2.62 bits per heavy atom. The molecule has 0 unspecified atom stereocenters. The van der Waals surface area contributed by atoms with E-state index in [2.05, 4.69) is 19.3 Å². The van der Waals surface area contributed by atoms with E-state index >= 15 is 0 Å². The van der Waals surface area contributed by atoms with Crippen LogP contribution in [-0.4, -0.2) is 24.5 Å². The minimum Gasteiger partial charge on any atom is -0.287 e. The molecular weight excluding hydrogens is 286 g/mol. The van der Waals surface area contributed by atoms with Gasteiger partial charge in [-0.2, -0.15) is 4.37 Å². The topological polar surface area (TPSA) is 75.0 Å². The van der Waals surface area contributed by atoms with Crippen molar-refractivity contribution < 1.29 is 5.21 Å². The van der Waals surface area contributed by atoms with Crippen molar-refractivity contribution in [1.29, 1.82) is 0 Å². The molecule has 0 radical (unpaired) electrons. The second-order valence-electron chi connectivity index (χ2n) is 4.42. The Hall–Kier alpha value is -2.38. The van der Waals surface area contributed by atoms with Crippen LogP contribution >= 0.6 is 11.5 Å². The fourth-order valence-corrected chi connectivity index (χ4v) is 2.56. The first-order valence-electron chi connectivity index (χ1n) is 6.36. The van der Waals surface area contributed by atoms with Gasteiger partial charge in [-0.25, -0.2) is 20.0 Å². The summed E-state index contributed by atoms with van der Waals surface area (Å²) >= 11 is 1.24. The maximum absolute atomic E-state index is 10.3. The summed E-state index contributed by atoms with van der Waals surface area (Å²) in [6, 6.07) is 9.66. The third-order valence-corrected chi connectivity index (χ3v) is 3.64. The van der Waals surface area contributed by atoms with E-state index in [1.807, 2.05) is 37.3 Å². The van der Waals surface area contributed by atoms with Gasteiger partial charge in [-0.3, -0.25) is 5.21 Å². The second kappa shape index (κ2) is 5.94. The monoisotopic (exact) mass is 299 g/mol. The van der Waals surface area contributed by atoms with E-state index in [1.54, 1.807) is 12.4 Å². The highest BCUT2D eigenvalue weighted by atomic mass is 32.1. The van der Waals surface area contributed by atoms with Gasteiger partial charge in [0.05, 0.1) is 6.54 Å². The molecule has 2 heterocycles. The number of aromatic nitrogens is 4. The van der Waals surface area contributed by atoms with Gasteiger partial charge in [-0.05, 0) is 24.0 Å². The van der Waals surface area contributed by atoms with Gasteiger partial charge >= 0.3 is 0 Å². The number of hydrogen-bond acceptors (Lipinski definition) is 7. The van der Waals surface area contributed by atoms with E-state index in [-0.39, 0.29) is 0 Å². The Morgan fingerprint density at radius 2 is 1.90 bits per heavy atom. The Balaban J connectivity index is 1.91. The van der Waals surface area contributed by atoms with E-state index in [1.165, 1.54) is 11.5 Å². The van der Waals surface area contributed by atoms with Crippen molar-refractivity contribution in [2.24, 2.45) is 0 Å². The SMILES string of the molecule is Cc1nsc(-c2nccnc2N(O)Cc2ccccc2)n1. The van der Waals surface area contributed by atoms with Gasteiger partial charge in [0.1, 0.15) is 11.5 Å². The highest BCUT2D eigenvalue weighted by Gasteiger charge is 2.17. The van der Waals surface area contributed by atoms with Crippen LogP contribution in [0.1, 0.15) is 11.4 Å². The van der Waals surface area contributed by atoms with Crippen molar-refractivity contribution in [3.8, 4) is 10.7 Å². The molecule has 6 nitrogen and oxygen atoms in total. The van der Waals surface area contributed by atoms with Crippen molar-refractivity contribution in [2.45, 2.75) is 13.5 Å². The summed E-state index contributed by atoms with van der Waals surface area (Å²) in [6.45, 7) is 2.14. The van der Waals surface area contributed by atoms with Gasteiger partial charge < -0.3 is 0 Å². The molecule has 3 aromatic rings. The standard InChI is InChI=1S/C14H13N5OS/c1-10-17-14(21-18-10)12-13(16-8-7-15-12)19(20)9-11-5-3-2-4-6-11/h2-8,20H,9H2,1H3. The molecule has 0 atom stereocenters. The summed E-state index contributed by atoms with van der Waals surface area (Å²) in [4.78, 5) is 12.8. The quantitative estimate of drug-likeness (QED) is 0.747. The van der Waals surface area contributed by atoms with Crippen LogP contribution in [0.3, 0.4) is 0 Å². The van der Waals surface area contributed by atoms with Crippen molar-refractivity contribution in [3.63, 3.8) is 0 Å². The molecular formula is C14H13N5OS. The van der Waals surface area contributed by atoms with E-state index in [0.29, 0.717) is 28.9 Å². The van der Waals surface area contributed by atoms with E-state index < -0.39 is 0 Å². The first-order valence-corrected chi connectivity index (χ1v) is 7.13. The summed E-state index contributed by atoms with van der Waals surface area (Å²) in [5.41, 5.74) is 1.51. The molecule has 0 fully saturated rings. The molecule has 0 aliphatic carbocycles. The van der Waals surface area contributed by atoms with Gasteiger partial charge in [0.2, 0.25) is 0 Å². The third-order valence-electron chi connectivity index (χ3n) is 2.83. The molecule has 1 aromatic carbocycles. The molecule has 0 saturated carbocycles. The van der Waals surface area contributed by atoms with Gasteiger partial charge in [0.15, 0.2) is 10.8 Å². The van der Waals surface area contributed by atoms with Crippen molar-refractivity contribution in [3.05, 3.63) is 54.1 Å². The highest BCUT2D eigenvalue weighted by Crippen LogP contribution is 2.27. The molecule has 2 aromatic heterocycles. The Labute approximate surface area is 125 Å². The number of hydroxylamine groups is 1. The van der Waals surface area contributed by atoms with Crippen LogP contribution in [0.5, 0.6) is 0 Å². The lowest BCUT2D eigenvalue weighted by Gasteiger charge is -2.17. The van der Waals surface area contributed by atoms with Crippen LogP contribution in [0.4, 0.5) is 5.82 Å². The van der Waals surface area contributed by atoms with Crippen molar-refractivity contribution in [2.75, 3.05) is 5.06 Å². The summed E-state index contributed by atoms with van der Waals surface area (Å²) in [5, 5.41) is 12.0. The van der Waals surface area contributed by atoms with Crippen LogP contribution in [-0.2, 0) is 6.54 Å². The van der Waals surface area contributed by atoms with Crippen LogP contribution in [0.2, 0.25) is 0 Å². The van der Waals surface area contributed by atoms with Gasteiger partial charge in [0.25, 0.3) is 0 Å². The zero-order chi connectivity index (χ0) is 14.7. The first-order chi connectivity index (χ1) is 10.2. The zero-order valence-electron chi connectivity index (χ0n) is 11.3. The van der Waals surface area contributed by atoms with Crippen LogP contribution in [0, 0.1) is 6.92 Å². The average molecular weight is 299 g/mol. The number of benzene rings is 1. The average Bonchev–Trinajstić information content (AvgIpc) is 2.95. The molecule has 0 saturated heterocycles. The second-order valence-corrected chi connectivity index (χ2v) is 5.17. The minimum absolute atomic E-state index is 0.324. The molecule has 106 valence electrons. The van der Waals surface area contributed by atoms with Gasteiger partial charge in [-0.1, -0.05) is 30.3 Å². The molecule has 0 amide bonds. The van der Waals surface area contributed by atoms with Crippen molar-refractivity contribution in [1.82, 2.24) is 19.3 Å². The molecule has 0 aliphatic rings. The largest absolute Gasteiger partial charge is 0.287 e. The third kappa shape index (κ3) is 3.04. The number of hydrogen-bond donors (Lipinski definition) is 1. The lowest BCUT2D eigenvalue weighted by Crippen LogP contribution is -2.19. The molecule has 7 heteroatoms. The predicted octanol–water partition coefficient (Wildman–Crippen LogP) is 2.70. The van der Waals surface area contributed by atoms with Crippen LogP contribution in [0.25, 0.3) is 10.7 Å². The summed E-state index contributed by atoms with van der Waals surface area (Å²) in [5.74, 6) is 1.05. The Bertz CT molecular complexity index is 731. The smallest absolute Gasteiger partial charge is 0.181 e. The lowest BCUT2D eigenvalue weighted by atomic mass is 10.2.